The third kappa shape index (κ3) is 5.05. The largest absolute Gasteiger partial charge is 0.338 e. The van der Waals surface area contributed by atoms with Gasteiger partial charge in [0.25, 0.3) is 0 Å². The summed E-state index contributed by atoms with van der Waals surface area (Å²) in [5, 5.41) is 5.82. The molecule has 2 heterocycles. The Morgan fingerprint density at radius 1 is 0.944 bits per heavy atom. The number of hydrogen-bond donors (Lipinski definition) is 2. The van der Waals surface area contributed by atoms with Crippen molar-refractivity contribution in [3.63, 3.8) is 0 Å². The van der Waals surface area contributed by atoms with Crippen LogP contribution in [0.2, 0.25) is 0 Å². The van der Waals surface area contributed by atoms with Gasteiger partial charge >= 0.3 is 12.1 Å². The third-order valence-electron chi connectivity index (χ3n) is 7.37. The van der Waals surface area contributed by atoms with E-state index < -0.39 is 23.5 Å². The summed E-state index contributed by atoms with van der Waals surface area (Å²) in [5.41, 5.74) is 2.98. The van der Waals surface area contributed by atoms with Crippen molar-refractivity contribution in [2.75, 3.05) is 25.0 Å². The molecule has 1 saturated carbocycles. The quantitative estimate of drug-likeness (QED) is 0.536. The highest BCUT2D eigenvalue weighted by Gasteiger charge is 2.29. The molecule has 9 heteroatoms. The normalized spacial score (nSPS) is 17.7. The zero-order valence-corrected chi connectivity index (χ0v) is 20.0. The van der Waals surface area contributed by atoms with Crippen LogP contribution in [-0.4, -0.2) is 41.5 Å². The van der Waals surface area contributed by atoms with E-state index >= 15 is 0 Å². The Morgan fingerprint density at radius 2 is 1.69 bits per heavy atom. The number of carbonyl (C=O) groups is 2. The molecule has 4 amide bonds. The number of amides is 4. The lowest BCUT2D eigenvalue weighted by molar-refractivity contribution is 0.201. The van der Waals surface area contributed by atoms with E-state index in [1.807, 2.05) is 17.0 Å². The van der Waals surface area contributed by atoms with Gasteiger partial charge in [0.15, 0.2) is 17.5 Å². The summed E-state index contributed by atoms with van der Waals surface area (Å²) >= 11 is 0. The number of urea groups is 2. The van der Waals surface area contributed by atoms with Crippen LogP contribution in [0, 0.1) is 23.4 Å². The number of anilines is 1. The molecule has 2 N–H and O–H groups in total. The summed E-state index contributed by atoms with van der Waals surface area (Å²) in [6.07, 6.45) is 7.71. The van der Waals surface area contributed by atoms with Gasteiger partial charge in [-0.25, -0.2) is 22.8 Å². The monoisotopic (exact) mass is 498 g/mol. The summed E-state index contributed by atoms with van der Waals surface area (Å²) in [6, 6.07) is 7.81. The zero-order valence-electron chi connectivity index (χ0n) is 20.0. The van der Waals surface area contributed by atoms with Crippen LogP contribution in [0.15, 0.2) is 36.4 Å². The Morgan fingerprint density at radius 3 is 2.39 bits per heavy atom. The van der Waals surface area contributed by atoms with E-state index in [1.54, 1.807) is 12.1 Å². The topological polar surface area (TPSA) is 64.7 Å². The molecule has 0 saturated heterocycles. The van der Waals surface area contributed by atoms with Gasteiger partial charge in [-0.1, -0.05) is 31.1 Å². The van der Waals surface area contributed by atoms with Crippen molar-refractivity contribution in [2.24, 2.45) is 5.92 Å². The van der Waals surface area contributed by atoms with Crippen molar-refractivity contribution in [2.45, 2.75) is 45.2 Å². The van der Waals surface area contributed by atoms with Gasteiger partial charge in [0.05, 0.1) is 6.54 Å². The van der Waals surface area contributed by atoms with E-state index in [0.717, 1.165) is 30.2 Å². The highest BCUT2D eigenvalue weighted by molar-refractivity contribution is 5.90. The van der Waals surface area contributed by atoms with Crippen LogP contribution in [0.25, 0.3) is 5.57 Å². The maximum absolute atomic E-state index is 14.0. The molecular weight excluding hydrogens is 469 g/mol. The maximum atomic E-state index is 14.0. The number of nitrogens with zero attached hydrogens (tertiary/aromatic N) is 2. The van der Waals surface area contributed by atoms with Crippen LogP contribution in [0.1, 0.15) is 48.8 Å². The first-order valence-corrected chi connectivity index (χ1v) is 12.4. The summed E-state index contributed by atoms with van der Waals surface area (Å²) < 4.78 is 41.0. The highest BCUT2D eigenvalue weighted by Crippen LogP contribution is 2.30. The lowest BCUT2D eigenvalue weighted by Crippen LogP contribution is -2.43. The first kappa shape index (κ1) is 24.2. The summed E-state index contributed by atoms with van der Waals surface area (Å²) in [7, 11) is 0. The van der Waals surface area contributed by atoms with Crippen molar-refractivity contribution in [3.8, 4) is 0 Å². The van der Waals surface area contributed by atoms with E-state index in [2.05, 4.69) is 16.7 Å². The molecule has 2 aromatic rings. The lowest BCUT2D eigenvalue weighted by Gasteiger charge is -2.27. The number of carbonyl (C=O) groups excluding carboxylic acids is 2. The van der Waals surface area contributed by atoms with Gasteiger partial charge in [-0.15, -0.1) is 0 Å². The zero-order chi connectivity index (χ0) is 25.2. The van der Waals surface area contributed by atoms with Gasteiger partial charge in [0, 0.05) is 37.4 Å². The van der Waals surface area contributed by atoms with Gasteiger partial charge < -0.3 is 20.4 Å². The van der Waals surface area contributed by atoms with Gasteiger partial charge in [0.2, 0.25) is 0 Å². The molecule has 0 aromatic heterocycles. The Kier molecular flexibility index (Phi) is 6.89. The minimum atomic E-state index is -1.52. The van der Waals surface area contributed by atoms with E-state index in [-0.39, 0.29) is 30.2 Å². The molecule has 0 bridgehead atoms. The molecule has 36 heavy (non-hydrogen) atoms. The van der Waals surface area contributed by atoms with Crippen LogP contribution >= 0.6 is 0 Å². The first-order valence-electron chi connectivity index (χ1n) is 12.4. The molecule has 2 aliphatic heterocycles. The molecule has 2 aromatic carbocycles. The molecule has 0 atom stereocenters. The van der Waals surface area contributed by atoms with Gasteiger partial charge in [0.1, 0.15) is 0 Å². The maximum Gasteiger partial charge on any atom is 0.322 e. The van der Waals surface area contributed by atoms with Crippen molar-refractivity contribution < 1.29 is 22.8 Å². The molecule has 0 radical (unpaired) electrons. The fraction of sp³-hybridized carbons (Fsp3) is 0.407. The Labute approximate surface area is 208 Å². The summed E-state index contributed by atoms with van der Waals surface area (Å²) in [4.78, 5) is 28.2. The lowest BCUT2D eigenvalue weighted by atomic mass is 9.99. The number of nitrogens with one attached hydrogen (secondary N) is 2. The molecule has 1 aliphatic carbocycles. The van der Waals surface area contributed by atoms with Crippen LogP contribution in [0.4, 0.5) is 28.4 Å². The first-order chi connectivity index (χ1) is 17.4. The molecule has 5 rings (SSSR count). The van der Waals surface area contributed by atoms with Crippen LogP contribution in [-0.2, 0) is 13.1 Å². The second-order valence-corrected chi connectivity index (χ2v) is 9.75. The molecule has 0 spiro atoms. The van der Waals surface area contributed by atoms with Crippen molar-refractivity contribution in [1.29, 1.82) is 0 Å². The minimum Gasteiger partial charge on any atom is -0.338 e. The number of fused-ring (bicyclic) bond motifs is 1. The minimum absolute atomic E-state index is 0.00453. The van der Waals surface area contributed by atoms with E-state index in [9.17, 15) is 22.8 Å². The van der Waals surface area contributed by atoms with E-state index in [0.29, 0.717) is 24.7 Å². The molecule has 190 valence electrons. The predicted molar refractivity (Wildman–Crippen MR) is 131 cm³/mol. The second kappa shape index (κ2) is 10.2. The van der Waals surface area contributed by atoms with Gasteiger partial charge in [-0.2, -0.15) is 0 Å². The fourth-order valence-corrected chi connectivity index (χ4v) is 5.23. The standard InChI is InChI=1S/C27H29F3N4O2/c28-23-13-20-15-34(16-22(20)24(29)25(23)30)27(36)32-21-7-5-18(6-8-21)19-9-11-33(12-10-19)26(35)31-14-17-3-1-2-4-17/h5-9,13,17H,1-4,10-12,14-16H2,(H,31,35)(H,32,36). The smallest absolute Gasteiger partial charge is 0.322 e. The predicted octanol–water partition coefficient (Wildman–Crippen LogP) is 5.64. The number of rotatable bonds is 4. The van der Waals surface area contributed by atoms with Crippen molar-refractivity contribution in [1.82, 2.24) is 15.1 Å². The number of hydrogen-bond acceptors (Lipinski definition) is 2. The van der Waals surface area contributed by atoms with Gasteiger partial charge in [-0.3, -0.25) is 0 Å². The number of halogens is 3. The molecule has 1 fully saturated rings. The van der Waals surface area contributed by atoms with Gasteiger partial charge in [-0.05, 0) is 60.1 Å². The third-order valence-corrected chi connectivity index (χ3v) is 7.37. The number of benzene rings is 2. The molecule has 0 unspecified atom stereocenters. The highest BCUT2D eigenvalue weighted by atomic mass is 19.2. The Balaban J connectivity index is 1.13. The Bertz CT molecular complexity index is 1190. The van der Waals surface area contributed by atoms with Crippen LogP contribution in [0.5, 0.6) is 0 Å². The second-order valence-electron chi connectivity index (χ2n) is 9.75. The average Bonchev–Trinajstić information content (AvgIpc) is 3.57. The molecule has 6 nitrogen and oxygen atoms in total. The van der Waals surface area contributed by atoms with Crippen molar-refractivity contribution in [3.05, 3.63) is 70.5 Å². The summed E-state index contributed by atoms with van der Waals surface area (Å²) in [6.45, 7) is 1.84. The SMILES string of the molecule is O=C(NCC1CCCC1)N1CC=C(c2ccc(NC(=O)N3Cc4cc(F)c(F)c(F)c4C3)cc2)CC1. The average molecular weight is 499 g/mol. The van der Waals surface area contributed by atoms with E-state index in [1.165, 1.54) is 30.6 Å². The van der Waals surface area contributed by atoms with E-state index in [4.69, 9.17) is 0 Å². The van der Waals surface area contributed by atoms with Crippen LogP contribution < -0.4 is 10.6 Å². The molecular formula is C27H29F3N4O2. The van der Waals surface area contributed by atoms with Crippen LogP contribution in [0.3, 0.4) is 0 Å². The fourth-order valence-electron chi connectivity index (χ4n) is 5.23. The van der Waals surface area contributed by atoms with Crippen molar-refractivity contribution >= 4 is 23.3 Å². The molecule has 3 aliphatic rings. The summed E-state index contributed by atoms with van der Waals surface area (Å²) in [5.74, 6) is -3.41. The Hall–Kier alpha value is -3.49.